The Balaban J connectivity index is 2.25. The fourth-order valence-corrected chi connectivity index (χ4v) is 3.68. The van der Waals surface area contributed by atoms with E-state index in [0.717, 1.165) is 4.90 Å². The lowest BCUT2D eigenvalue weighted by molar-refractivity contribution is 0.0693. The molecule has 0 bridgehead atoms. The standard InChI is InChI=1S/C16H23N3O4S/c1-10(2)14(17)7-8-18(3)24(22,23)11-5-6-12-13(9-11)16(21)19(4)15(12)20/h5-6,9-10,14H,7-8,17H2,1-4H3. The van der Waals surface area contributed by atoms with E-state index in [4.69, 9.17) is 5.73 Å². The Morgan fingerprint density at radius 3 is 2.33 bits per heavy atom. The molecule has 8 heteroatoms. The molecule has 1 aliphatic heterocycles. The van der Waals surface area contributed by atoms with Gasteiger partial charge in [-0.05, 0) is 30.5 Å². The van der Waals surface area contributed by atoms with Gasteiger partial charge in [-0.25, -0.2) is 12.7 Å². The van der Waals surface area contributed by atoms with Crippen LogP contribution in [0.5, 0.6) is 0 Å². The minimum absolute atomic E-state index is 0.00156. The summed E-state index contributed by atoms with van der Waals surface area (Å²) in [5.74, 6) is -0.646. The Kier molecular flexibility index (Phi) is 5.12. The Bertz CT molecular complexity index is 774. The SMILES string of the molecule is CC(C)C(N)CCN(C)S(=O)(=O)c1ccc2c(c1)C(=O)N(C)C2=O. The molecular weight excluding hydrogens is 330 g/mol. The number of carbonyl (C=O) groups is 2. The number of rotatable bonds is 6. The number of hydrogen-bond donors (Lipinski definition) is 1. The smallest absolute Gasteiger partial charge is 0.261 e. The zero-order valence-corrected chi connectivity index (χ0v) is 15.1. The van der Waals surface area contributed by atoms with Crippen molar-refractivity contribution in [1.29, 1.82) is 0 Å². The molecule has 7 nitrogen and oxygen atoms in total. The van der Waals surface area contributed by atoms with Crippen LogP contribution in [0.15, 0.2) is 23.1 Å². The first-order valence-corrected chi connectivity index (χ1v) is 9.19. The normalized spacial score (nSPS) is 16.2. The summed E-state index contributed by atoms with van der Waals surface area (Å²) in [6, 6.07) is 3.93. The number of nitrogens with zero attached hydrogens (tertiary/aromatic N) is 2. The fraction of sp³-hybridized carbons (Fsp3) is 0.500. The highest BCUT2D eigenvalue weighted by Crippen LogP contribution is 2.26. The van der Waals surface area contributed by atoms with E-state index in [9.17, 15) is 18.0 Å². The van der Waals surface area contributed by atoms with Gasteiger partial charge in [0.1, 0.15) is 0 Å². The number of hydrogen-bond acceptors (Lipinski definition) is 5. The first-order valence-electron chi connectivity index (χ1n) is 7.75. The van der Waals surface area contributed by atoms with Crippen molar-refractivity contribution in [3.8, 4) is 0 Å². The van der Waals surface area contributed by atoms with Crippen molar-refractivity contribution in [2.75, 3.05) is 20.6 Å². The molecule has 0 radical (unpaired) electrons. The number of nitrogens with two attached hydrogens (primary N) is 1. The monoisotopic (exact) mass is 353 g/mol. The van der Waals surface area contributed by atoms with Gasteiger partial charge in [0.05, 0.1) is 16.0 Å². The summed E-state index contributed by atoms with van der Waals surface area (Å²) >= 11 is 0. The van der Waals surface area contributed by atoms with Crippen LogP contribution in [-0.4, -0.2) is 56.1 Å². The van der Waals surface area contributed by atoms with Gasteiger partial charge in [0.25, 0.3) is 11.8 Å². The quantitative estimate of drug-likeness (QED) is 0.766. The number of fused-ring (bicyclic) bond motifs is 1. The van der Waals surface area contributed by atoms with Crippen molar-refractivity contribution >= 4 is 21.8 Å². The van der Waals surface area contributed by atoms with Crippen LogP contribution >= 0.6 is 0 Å². The van der Waals surface area contributed by atoms with Crippen molar-refractivity contribution in [1.82, 2.24) is 9.21 Å². The summed E-state index contributed by atoms with van der Waals surface area (Å²) in [6.45, 7) is 4.25. The van der Waals surface area contributed by atoms with Gasteiger partial charge < -0.3 is 5.73 Å². The minimum Gasteiger partial charge on any atom is -0.327 e. The molecule has 1 heterocycles. The van der Waals surface area contributed by atoms with E-state index in [1.807, 2.05) is 13.8 Å². The van der Waals surface area contributed by atoms with Crippen molar-refractivity contribution in [2.24, 2.45) is 11.7 Å². The van der Waals surface area contributed by atoms with Crippen LogP contribution in [0.1, 0.15) is 41.0 Å². The molecule has 24 heavy (non-hydrogen) atoms. The summed E-state index contributed by atoms with van der Waals surface area (Å²) in [5.41, 5.74) is 6.31. The number of sulfonamides is 1. The van der Waals surface area contributed by atoms with Gasteiger partial charge in [-0.3, -0.25) is 14.5 Å². The van der Waals surface area contributed by atoms with E-state index in [1.165, 1.54) is 36.6 Å². The molecule has 0 saturated heterocycles. The van der Waals surface area contributed by atoms with Gasteiger partial charge in [0.15, 0.2) is 0 Å². The molecule has 0 spiro atoms. The first kappa shape index (κ1) is 18.6. The Labute approximate surface area is 142 Å². The minimum atomic E-state index is -3.74. The Morgan fingerprint density at radius 2 is 1.75 bits per heavy atom. The first-order chi connectivity index (χ1) is 11.1. The maximum atomic E-state index is 12.7. The van der Waals surface area contributed by atoms with Gasteiger partial charge >= 0.3 is 0 Å². The summed E-state index contributed by atoms with van der Waals surface area (Å²) in [5, 5.41) is 0. The number of carbonyl (C=O) groups excluding carboxylic acids is 2. The van der Waals surface area contributed by atoms with E-state index < -0.39 is 21.8 Å². The third kappa shape index (κ3) is 3.22. The molecule has 2 N–H and O–H groups in total. The number of amides is 2. The molecule has 132 valence electrons. The molecule has 0 fully saturated rings. The average molecular weight is 353 g/mol. The molecule has 0 saturated carbocycles. The van der Waals surface area contributed by atoms with Gasteiger partial charge in [-0.2, -0.15) is 0 Å². The molecule has 0 aliphatic carbocycles. The van der Waals surface area contributed by atoms with Crippen molar-refractivity contribution in [2.45, 2.75) is 31.2 Å². The lowest BCUT2D eigenvalue weighted by Crippen LogP contribution is -2.34. The van der Waals surface area contributed by atoms with Crippen LogP contribution in [0.4, 0.5) is 0 Å². The summed E-state index contributed by atoms with van der Waals surface area (Å²) < 4.78 is 26.5. The lowest BCUT2D eigenvalue weighted by atomic mass is 10.0. The highest BCUT2D eigenvalue weighted by Gasteiger charge is 2.34. The topological polar surface area (TPSA) is 101 Å². The number of imide groups is 1. The second-order valence-electron chi connectivity index (χ2n) is 6.40. The maximum Gasteiger partial charge on any atom is 0.261 e. The van der Waals surface area contributed by atoms with Crippen LogP contribution < -0.4 is 5.73 Å². The predicted molar refractivity (Wildman–Crippen MR) is 90.1 cm³/mol. The predicted octanol–water partition coefficient (Wildman–Crippen LogP) is 0.906. The second-order valence-corrected chi connectivity index (χ2v) is 8.44. The molecule has 1 atom stereocenters. The lowest BCUT2D eigenvalue weighted by Gasteiger charge is -2.21. The molecular formula is C16H23N3O4S. The Hall–Kier alpha value is -1.77. The third-order valence-corrected chi connectivity index (χ3v) is 6.26. The summed E-state index contributed by atoms with van der Waals surface area (Å²) in [4.78, 5) is 24.9. The molecule has 1 aromatic carbocycles. The van der Waals surface area contributed by atoms with Crippen molar-refractivity contribution in [3.63, 3.8) is 0 Å². The van der Waals surface area contributed by atoms with Gasteiger partial charge in [0.2, 0.25) is 10.0 Å². The third-order valence-electron chi connectivity index (χ3n) is 4.40. The molecule has 0 aromatic heterocycles. The Morgan fingerprint density at radius 1 is 1.17 bits per heavy atom. The van der Waals surface area contributed by atoms with E-state index in [0.29, 0.717) is 6.42 Å². The molecule has 1 aromatic rings. The summed E-state index contributed by atoms with van der Waals surface area (Å²) in [6.07, 6.45) is 0.540. The highest BCUT2D eigenvalue weighted by atomic mass is 32.2. The second kappa shape index (κ2) is 6.62. The van der Waals surface area contributed by atoms with E-state index in [2.05, 4.69) is 0 Å². The van der Waals surface area contributed by atoms with Crippen LogP contribution in [-0.2, 0) is 10.0 Å². The van der Waals surface area contributed by atoms with Gasteiger partial charge in [-0.15, -0.1) is 0 Å². The van der Waals surface area contributed by atoms with E-state index >= 15 is 0 Å². The van der Waals surface area contributed by atoms with E-state index in [-0.39, 0.29) is 34.5 Å². The molecule has 2 rings (SSSR count). The highest BCUT2D eigenvalue weighted by molar-refractivity contribution is 7.89. The zero-order valence-electron chi connectivity index (χ0n) is 14.3. The van der Waals surface area contributed by atoms with Gasteiger partial charge in [-0.1, -0.05) is 13.8 Å². The average Bonchev–Trinajstić information content (AvgIpc) is 2.76. The molecule has 1 aliphatic rings. The summed E-state index contributed by atoms with van der Waals surface area (Å²) in [7, 11) is -0.890. The number of benzene rings is 1. The zero-order chi connectivity index (χ0) is 18.2. The van der Waals surface area contributed by atoms with Crippen molar-refractivity contribution in [3.05, 3.63) is 29.3 Å². The van der Waals surface area contributed by atoms with Crippen molar-refractivity contribution < 1.29 is 18.0 Å². The van der Waals surface area contributed by atoms with Gasteiger partial charge in [0, 0.05) is 26.7 Å². The molecule has 2 amide bonds. The van der Waals surface area contributed by atoms with E-state index in [1.54, 1.807) is 0 Å². The van der Waals surface area contributed by atoms with Crippen LogP contribution in [0, 0.1) is 5.92 Å². The fourth-order valence-electron chi connectivity index (χ4n) is 2.47. The van der Waals surface area contributed by atoms with Crippen LogP contribution in [0.25, 0.3) is 0 Å². The van der Waals surface area contributed by atoms with Crippen LogP contribution in [0.2, 0.25) is 0 Å². The largest absolute Gasteiger partial charge is 0.327 e. The molecule has 1 unspecified atom stereocenters. The van der Waals surface area contributed by atoms with Crippen LogP contribution in [0.3, 0.4) is 0 Å². The maximum absolute atomic E-state index is 12.7.